The number of nitrogens with one attached hydrogen (secondary N) is 2. The molecular formula is C14H24N2O3S. The van der Waals surface area contributed by atoms with Crippen LogP contribution in [0.5, 0.6) is 0 Å². The van der Waals surface area contributed by atoms with Gasteiger partial charge in [0, 0.05) is 19.6 Å². The summed E-state index contributed by atoms with van der Waals surface area (Å²) in [5, 5.41) is 12.0. The fraction of sp³-hybridized carbons (Fsp3) is 0.571. The standard InChI is InChI=1S/C14H24N2O3S/c1-3-4-13-5-7-14(8-6-13)20(18,19)16-10-9-15-11-12(2)17/h5-8,12,15-17H,3-4,9-11H2,1-2H3. The summed E-state index contributed by atoms with van der Waals surface area (Å²) >= 11 is 0. The smallest absolute Gasteiger partial charge is 0.240 e. The fourth-order valence-electron chi connectivity index (χ4n) is 1.79. The first-order chi connectivity index (χ1) is 9.45. The molecule has 1 aromatic carbocycles. The van der Waals surface area contributed by atoms with E-state index in [1.807, 2.05) is 12.1 Å². The van der Waals surface area contributed by atoms with E-state index in [1.165, 1.54) is 0 Å². The van der Waals surface area contributed by atoms with Crippen LogP contribution in [0, 0.1) is 0 Å². The van der Waals surface area contributed by atoms with E-state index >= 15 is 0 Å². The van der Waals surface area contributed by atoms with Crippen molar-refractivity contribution in [2.75, 3.05) is 19.6 Å². The molecule has 0 fully saturated rings. The van der Waals surface area contributed by atoms with Crippen LogP contribution in [-0.2, 0) is 16.4 Å². The molecule has 0 saturated carbocycles. The Kier molecular flexibility index (Phi) is 7.15. The van der Waals surface area contributed by atoms with Crippen molar-refractivity contribution in [3.05, 3.63) is 29.8 Å². The van der Waals surface area contributed by atoms with Gasteiger partial charge in [0.15, 0.2) is 0 Å². The molecule has 0 heterocycles. The molecule has 0 aromatic heterocycles. The van der Waals surface area contributed by atoms with E-state index < -0.39 is 16.1 Å². The average Bonchev–Trinajstić information content (AvgIpc) is 2.39. The normalized spacial score (nSPS) is 13.3. The lowest BCUT2D eigenvalue weighted by Crippen LogP contribution is -2.34. The minimum Gasteiger partial charge on any atom is -0.392 e. The Hall–Kier alpha value is -0.950. The van der Waals surface area contributed by atoms with E-state index in [0.717, 1.165) is 18.4 Å². The number of hydrogen-bond acceptors (Lipinski definition) is 4. The van der Waals surface area contributed by atoms with Crippen molar-refractivity contribution in [1.82, 2.24) is 10.0 Å². The van der Waals surface area contributed by atoms with Crippen molar-refractivity contribution >= 4 is 10.0 Å². The molecule has 0 aliphatic heterocycles. The van der Waals surface area contributed by atoms with Crippen LogP contribution in [0.15, 0.2) is 29.2 Å². The predicted octanol–water partition coefficient (Wildman–Crippen LogP) is 0.888. The summed E-state index contributed by atoms with van der Waals surface area (Å²) in [4.78, 5) is 0.285. The maximum atomic E-state index is 12.0. The zero-order valence-corrected chi connectivity index (χ0v) is 12.9. The lowest BCUT2D eigenvalue weighted by atomic mass is 10.1. The molecule has 114 valence electrons. The van der Waals surface area contributed by atoms with Gasteiger partial charge in [0.05, 0.1) is 11.0 Å². The average molecular weight is 300 g/mol. The molecule has 1 unspecified atom stereocenters. The molecule has 6 heteroatoms. The number of rotatable bonds is 9. The van der Waals surface area contributed by atoms with Gasteiger partial charge in [0.1, 0.15) is 0 Å². The Labute approximate surface area is 121 Å². The molecule has 1 aromatic rings. The Morgan fingerprint density at radius 3 is 2.40 bits per heavy atom. The highest BCUT2D eigenvalue weighted by Gasteiger charge is 2.12. The predicted molar refractivity (Wildman–Crippen MR) is 80.2 cm³/mol. The van der Waals surface area contributed by atoms with Crippen molar-refractivity contribution in [2.45, 2.75) is 37.7 Å². The number of aliphatic hydroxyl groups is 1. The lowest BCUT2D eigenvalue weighted by molar-refractivity contribution is 0.192. The molecular weight excluding hydrogens is 276 g/mol. The highest BCUT2D eigenvalue weighted by molar-refractivity contribution is 7.89. The van der Waals surface area contributed by atoms with Gasteiger partial charge >= 0.3 is 0 Å². The van der Waals surface area contributed by atoms with Crippen LogP contribution in [0.1, 0.15) is 25.8 Å². The topological polar surface area (TPSA) is 78.4 Å². The molecule has 1 rings (SSSR count). The van der Waals surface area contributed by atoms with Crippen LogP contribution in [-0.4, -0.2) is 39.3 Å². The molecule has 3 N–H and O–H groups in total. The summed E-state index contributed by atoms with van der Waals surface area (Å²) in [7, 11) is -3.45. The minimum atomic E-state index is -3.45. The molecule has 5 nitrogen and oxygen atoms in total. The third kappa shape index (κ3) is 6.00. The monoisotopic (exact) mass is 300 g/mol. The molecule has 0 saturated heterocycles. The SMILES string of the molecule is CCCc1ccc(S(=O)(=O)NCCNCC(C)O)cc1. The summed E-state index contributed by atoms with van der Waals surface area (Å²) in [6, 6.07) is 6.97. The zero-order chi connectivity index (χ0) is 15.0. The van der Waals surface area contributed by atoms with Crippen LogP contribution in [0.3, 0.4) is 0 Å². The van der Waals surface area contributed by atoms with E-state index in [1.54, 1.807) is 19.1 Å². The van der Waals surface area contributed by atoms with Crippen molar-refractivity contribution in [1.29, 1.82) is 0 Å². The van der Waals surface area contributed by atoms with Crippen LogP contribution in [0.2, 0.25) is 0 Å². The van der Waals surface area contributed by atoms with Gasteiger partial charge in [-0.2, -0.15) is 0 Å². The van der Waals surface area contributed by atoms with Gasteiger partial charge in [-0.15, -0.1) is 0 Å². The third-order valence-electron chi connectivity index (χ3n) is 2.81. The molecule has 0 radical (unpaired) electrons. The summed E-state index contributed by atoms with van der Waals surface area (Å²) in [6.07, 6.45) is 1.56. The van der Waals surface area contributed by atoms with Gasteiger partial charge in [-0.3, -0.25) is 0 Å². The second-order valence-electron chi connectivity index (χ2n) is 4.84. The van der Waals surface area contributed by atoms with Gasteiger partial charge in [-0.05, 0) is 31.0 Å². The first-order valence-electron chi connectivity index (χ1n) is 6.93. The number of aliphatic hydroxyl groups excluding tert-OH is 1. The summed E-state index contributed by atoms with van der Waals surface area (Å²) in [6.45, 7) is 5.00. The minimum absolute atomic E-state index is 0.285. The Bertz CT molecular complexity index is 484. The van der Waals surface area contributed by atoms with Gasteiger partial charge in [0.25, 0.3) is 0 Å². The summed E-state index contributed by atoms with van der Waals surface area (Å²) in [5.74, 6) is 0. The van der Waals surface area contributed by atoms with E-state index in [0.29, 0.717) is 19.6 Å². The second-order valence-corrected chi connectivity index (χ2v) is 6.61. The molecule has 1 atom stereocenters. The van der Waals surface area contributed by atoms with Gasteiger partial charge < -0.3 is 10.4 Å². The Balaban J connectivity index is 2.47. The Morgan fingerprint density at radius 2 is 1.85 bits per heavy atom. The quantitative estimate of drug-likeness (QED) is 0.592. The van der Waals surface area contributed by atoms with Crippen molar-refractivity contribution in [2.24, 2.45) is 0 Å². The van der Waals surface area contributed by atoms with Crippen molar-refractivity contribution in [3.8, 4) is 0 Å². The highest BCUT2D eigenvalue weighted by atomic mass is 32.2. The second kappa shape index (κ2) is 8.36. The van der Waals surface area contributed by atoms with E-state index in [9.17, 15) is 8.42 Å². The molecule has 0 aliphatic carbocycles. The molecule has 0 bridgehead atoms. The van der Waals surface area contributed by atoms with E-state index in [2.05, 4.69) is 17.0 Å². The molecule has 0 spiro atoms. The largest absolute Gasteiger partial charge is 0.392 e. The highest BCUT2D eigenvalue weighted by Crippen LogP contribution is 2.11. The van der Waals surface area contributed by atoms with Crippen LogP contribution < -0.4 is 10.0 Å². The first-order valence-corrected chi connectivity index (χ1v) is 8.41. The van der Waals surface area contributed by atoms with Gasteiger partial charge in [0.2, 0.25) is 10.0 Å². The van der Waals surface area contributed by atoms with Crippen molar-refractivity contribution < 1.29 is 13.5 Å². The van der Waals surface area contributed by atoms with E-state index in [4.69, 9.17) is 5.11 Å². The van der Waals surface area contributed by atoms with E-state index in [-0.39, 0.29) is 4.90 Å². The zero-order valence-electron chi connectivity index (χ0n) is 12.1. The summed E-state index contributed by atoms with van der Waals surface area (Å²) < 4.78 is 26.5. The van der Waals surface area contributed by atoms with Crippen molar-refractivity contribution in [3.63, 3.8) is 0 Å². The third-order valence-corrected chi connectivity index (χ3v) is 4.28. The lowest BCUT2D eigenvalue weighted by Gasteiger charge is -2.09. The number of benzene rings is 1. The maximum absolute atomic E-state index is 12.0. The van der Waals surface area contributed by atoms with Crippen LogP contribution >= 0.6 is 0 Å². The van der Waals surface area contributed by atoms with Crippen LogP contribution in [0.4, 0.5) is 0 Å². The maximum Gasteiger partial charge on any atom is 0.240 e. The fourth-order valence-corrected chi connectivity index (χ4v) is 2.82. The first kappa shape index (κ1) is 17.1. The van der Waals surface area contributed by atoms with Gasteiger partial charge in [-0.25, -0.2) is 13.1 Å². The molecule has 0 aliphatic rings. The van der Waals surface area contributed by atoms with Gasteiger partial charge in [-0.1, -0.05) is 25.5 Å². The molecule has 20 heavy (non-hydrogen) atoms. The number of hydrogen-bond donors (Lipinski definition) is 3. The van der Waals surface area contributed by atoms with Crippen LogP contribution in [0.25, 0.3) is 0 Å². The Morgan fingerprint density at radius 1 is 1.20 bits per heavy atom. The number of aryl methyl sites for hydroxylation is 1. The molecule has 0 amide bonds. The summed E-state index contributed by atoms with van der Waals surface area (Å²) in [5.41, 5.74) is 1.14. The number of sulfonamides is 1.